The molecule has 0 saturated heterocycles. The molecule has 0 amide bonds. The van der Waals surface area contributed by atoms with Crippen molar-refractivity contribution in [3.63, 3.8) is 0 Å². The third kappa shape index (κ3) is 3.96. The first-order chi connectivity index (χ1) is 16.9. The van der Waals surface area contributed by atoms with E-state index in [-0.39, 0.29) is 62.1 Å². The van der Waals surface area contributed by atoms with E-state index in [1.54, 1.807) is 13.0 Å². The van der Waals surface area contributed by atoms with Gasteiger partial charge in [-0.25, -0.2) is 0 Å². The lowest BCUT2D eigenvalue weighted by Crippen LogP contribution is -2.63. The van der Waals surface area contributed by atoms with Crippen molar-refractivity contribution in [2.75, 3.05) is 13.2 Å². The summed E-state index contributed by atoms with van der Waals surface area (Å²) in [5.41, 5.74) is -2.92. The van der Waals surface area contributed by atoms with Crippen LogP contribution in [-0.2, 0) is 28.8 Å². The van der Waals surface area contributed by atoms with Crippen LogP contribution < -0.4 is 0 Å². The van der Waals surface area contributed by atoms with Crippen molar-refractivity contribution in [3.8, 4) is 0 Å². The first-order valence-electron chi connectivity index (χ1n) is 12.5. The summed E-state index contributed by atoms with van der Waals surface area (Å²) in [4.78, 5) is 66.0. The van der Waals surface area contributed by atoms with Gasteiger partial charge in [-0.3, -0.25) is 19.2 Å². The zero-order chi connectivity index (χ0) is 26.5. The van der Waals surface area contributed by atoms with Crippen molar-refractivity contribution >= 4 is 23.3 Å². The minimum atomic E-state index is -1.77. The molecule has 0 aromatic heterocycles. The number of ether oxygens (including phenoxy) is 1. The van der Waals surface area contributed by atoms with Gasteiger partial charge in [0.25, 0.3) is 5.09 Å². The van der Waals surface area contributed by atoms with Crippen LogP contribution in [-0.4, -0.2) is 63.5 Å². The van der Waals surface area contributed by atoms with Crippen LogP contribution >= 0.6 is 0 Å². The summed E-state index contributed by atoms with van der Waals surface area (Å²) in [6.45, 7) is 2.57. The Hall–Kier alpha value is -2.66. The maximum absolute atomic E-state index is 13.8. The second-order valence-corrected chi connectivity index (χ2v) is 11.1. The van der Waals surface area contributed by atoms with Crippen LogP contribution in [0.2, 0.25) is 0 Å². The maximum Gasteiger partial charge on any atom is 0.306 e. The van der Waals surface area contributed by atoms with E-state index >= 15 is 0 Å². The van der Waals surface area contributed by atoms with E-state index in [4.69, 9.17) is 4.74 Å². The summed E-state index contributed by atoms with van der Waals surface area (Å²) in [6, 6.07) is 0. The summed E-state index contributed by atoms with van der Waals surface area (Å²) < 4.78 is 5.76. The molecule has 0 radical (unpaired) electrons. The van der Waals surface area contributed by atoms with Crippen LogP contribution in [0, 0.1) is 38.7 Å². The molecule has 0 spiro atoms. The highest BCUT2D eigenvalue weighted by Crippen LogP contribution is 2.66. The number of aliphatic hydroxyl groups excluding tert-OH is 1. The summed E-state index contributed by atoms with van der Waals surface area (Å²) in [5.74, 6) is -2.50. The summed E-state index contributed by atoms with van der Waals surface area (Å²) >= 11 is 0. The molecule has 0 aromatic carbocycles. The number of carbonyl (C=O) groups is 4. The average molecular weight is 508 g/mol. The van der Waals surface area contributed by atoms with E-state index in [9.17, 15) is 39.5 Å². The molecule has 0 bridgehead atoms. The van der Waals surface area contributed by atoms with Crippen LogP contribution in [0.3, 0.4) is 0 Å². The Morgan fingerprint density at radius 2 is 1.97 bits per heavy atom. The van der Waals surface area contributed by atoms with Gasteiger partial charge >= 0.3 is 5.97 Å². The van der Waals surface area contributed by atoms with Gasteiger partial charge in [-0.1, -0.05) is 19.4 Å². The number of ketones is 3. The number of nitrogens with zero attached hydrogens (tertiary/aromatic N) is 1. The molecule has 36 heavy (non-hydrogen) atoms. The maximum atomic E-state index is 13.8. The van der Waals surface area contributed by atoms with Crippen molar-refractivity contribution in [2.24, 2.45) is 28.6 Å². The molecule has 11 nitrogen and oxygen atoms in total. The Kier molecular flexibility index (Phi) is 6.85. The van der Waals surface area contributed by atoms with Crippen LogP contribution in [0.25, 0.3) is 0 Å². The third-order valence-electron chi connectivity index (χ3n) is 9.49. The molecular weight excluding hydrogens is 474 g/mol. The number of Topliss-reactive ketones (excluding diaryl/α,β-unsaturated/α-hetero) is 2. The minimum absolute atomic E-state index is 0.0449. The van der Waals surface area contributed by atoms with Crippen molar-refractivity contribution in [1.29, 1.82) is 0 Å². The highest BCUT2D eigenvalue weighted by atomic mass is 16.9. The molecule has 3 fully saturated rings. The number of hydrogen-bond acceptors (Lipinski definition) is 10. The molecule has 11 heteroatoms. The van der Waals surface area contributed by atoms with Crippen LogP contribution in [0.5, 0.6) is 0 Å². The normalized spacial score (nSPS) is 39.4. The molecule has 3 saturated carbocycles. The number of aliphatic hydroxyl groups is 2. The van der Waals surface area contributed by atoms with Gasteiger partial charge in [-0.15, -0.1) is 10.1 Å². The second-order valence-electron chi connectivity index (χ2n) is 11.1. The van der Waals surface area contributed by atoms with Crippen LogP contribution in [0.4, 0.5) is 0 Å². The van der Waals surface area contributed by atoms with E-state index < -0.39 is 51.9 Å². The van der Waals surface area contributed by atoms with E-state index in [1.807, 2.05) is 6.92 Å². The Morgan fingerprint density at radius 1 is 1.25 bits per heavy atom. The molecule has 7 atom stereocenters. The summed E-state index contributed by atoms with van der Waals surface area (Å²) in [5, 5.41) is 30.2. The molecule has 0 aliphatic heterocycles. The molecule has 4 rings (SSSR count). The Labute approximate surface area is 208 Å². The lowest BCUT2D eigenvalue weighted by Gasteiger charge is -2.59. The molecule has 4 aliphatic rings. The standard InChI is InChI=1S/C25H33NO10/c1-23-12-18(29)22-16(17(23)7-8-25(23,32)19(30)13-27)6-5-14-10-15(28)11-20(24(14,22)2)36-21(31)4-3-9-35-26(33)34/h10,16-17,20,22,27,32H,3-9,11-13H2,1-2H3/t16-,17-,20?,22+,23-,24+,25-/m0/s1. The van der Waals surface area contributed by atoms with Gasteiger partial charge in [0, 0.05) is 36.0 Å². The van der Waals surface area contributed by atoms with Crippen LogP contribution in [0.1, 0.15) is 65.2 Å². The lowest BCUT2D eigenvalue weighted by molar-refractivity contribution is -0.757. The largest absolute Gasteiger partial charge is 0.461 e. The molecule has 4 aliphatic carbocycles. The van der Waals surface area contributed by atoms with Gasteiger partial charge in [0.15, 0.2) is 11.6 Å². The monoisotopic (exact) mass is 507 g/mol. The molecule has 2 N–H and O–H groups in total. The van der Waals surface area contributed by atoms with Gasteiger partial charge in [0.2, 0.25) is 0 Å². The van der Waals surface area contributed by atoms with Crippen molar-refractivity contribution < 1.29 is 44.1 Å². The first kappa shape index (κ1) is 26.4. The number of hydrogen-bond donors (Lipinski definition) is 2. The topological polar surface area (TPSA) is 170 Å². The number of carbonyl (C=O) groups excluding carboxylic acids is 4. The zero-order valence-corrected chi connectivity index (χ0v) is 20.6. The highest BCUT2D eigenvalue weighted by molar-refractivity contribution is 5.95. The number of rotatable bonds is 8. The molecule has 1 unspecified atom stereocenters. The Morgan fingerprint density at radius 3 is 2.64 bits per heavy atom. The van der Waals surface area contributed by atoms with E-state index in [0.29, 0.717) is 19.3 Å². The van der Waals surface area contributed by atoms with E-state index in [1.165, 1.54) is 0 Å². The van der Waals surface area contributed by atoms with Gasteiger partial charge < -0.3 is 19.8 Å². The zero-order valence-electron chi connectivity index (χ0n) is 20.6. The predicted octanol–water partition coefficient (Wildman–Crippen LogP) is 1.50. The average Bonchev–Trinajstić information content (AvgIpc) is 3.07. The molecule has 0 heterocycles. The SMILES string of the molecule is C[C@]12CC(=O)[C@H]3[C@@H](CCC4=CC(=O)CC(OC(=O)CCCO[N+](=O)[O-])[C@@]43C)[C@@H]1CC[C@]2(O)C(=O)CO. The Balaban J connectivity index is 1.61. The predicted molar refractivity (Wildman–Crippen MR) is 122 cm³/mol. The van der Waals surface area contributed by atoms with Crippen molar-refractivity contribution in [1.82, 2.24) is 0 Å². The first-order valence-corrected chi connectivity index (χ1v) is 12.5. The fourth-order valence-electron chi connectivity index (χ4n) is 7.73. The van der Waals surface area contributed by atoms with E-state index in [2.05, 4.69) is 4.84 Å². The summed E-state index contributed by atoms with van der Waals surface area (Å²) in [6.07, 6.45) is 2.36. The minimum Gasteiger partial charge on any atom is -0.461 e. The van der Waals surface area contributed by atoms with Gasteiger partial charge in [-0.2, -0.15) is 0 Å². The molecule has 198 valence electrons. The highest BCUT2D eigenvalue weighted by Gasteiger charge is 2.69. The Bertz CT molecular complexity index is 1020. The quantitative estimate of drug-likeness (QED) is 0.212. The summed E-state index contributed by atoms with van der Waals surface area (Å²) in [7, 11) is 0. The van der Waals surface area contributed by atoms with Gasteiger partial charge in [0.05, 0.1) is 6.61 Å². The smallest absolute Gasteiger partial charge is 0.306 e. The molecule has 0 aromatic rings. The second kappa shape index (κ2) is 9.33. The van der Waals surface area contributed by atoms with Gasteiger partial charge in [0.1, 0.15) is 24.1 Å². The van der Waals surface area contributed by atoms with Gasteiger partial charge in [-0.05, 0) is 50.0 Å². The fraction of sp³-hybridized carbons (Fsp3) is 0.760. The molecular formula is C25H33NO10. The number of esters is 1. The van der Waals surface area contributed by atoms with E-state index in [0.717, 1.165) is 5.57 Å². The van der Waals surface area contributed by atoms with Crippen LogP contribution in [0.15, 0.2) is 11.6 Å². The van der Waals surface area contributed by atoms with Crippen molar-refractivity contribution in [3.05, 3.63) is 21.8 Å². The van der Waals surface area contributed by atoms with Crippen molar-refractivity contribution in [2.45, 2.75) is 76.9 Å². The fourth-order valence-corrected chi connectivity index (χ4v) is 7.73. The lowest BCUT2D eigenvalue weighted by atomic mass is 9.45. The number of fused-ring (bicyclic) bond motifs is 5. The third-order valence-corrected chi connectivity index (χ3v) is 9.49.